The molecule has 1 aromatic rings. The van der Waals surface area contributed by atoms with E-state index in [9.17, 15) is 4.79 Å². The van der Waals surface area contributed by atoms with E-state index in [0.29, 0.717) is 11.5 Å². The van der Waals surface area contributed by atoms with E-state index in [-0.39, 0.29) is 19.1 Å². The van der Waals surface area contributed by atoms with Gasteiger partial charge in [-0.1, -0.05) is 0 Å². The first-order valence-electron chi connectivity index (χ1n) is 3.92. The number of hydrogen-bond donors (Lipinski definition) is 2. The van der Waals surface area contributed by atoms with E-state index in [1.165, 1.54) is 12.3 Å². The molecular formula is C8H11N3O2. The van der Waals surface area contributed by atoms with Crippen molar-refractivity contribution in [1.29, 1.82) is 0 Å². The molecule has 0 aliphatic rings. The van der Waals surface area contributed by atoms with Gasteiger partial charge in [-0.2, -0.15) is 0 Å². The highest BCUT2D eigenvalue weighted by atomic mass is 16.3. The zero-order valence-electron chi connectivity index (χ0n) is 7.32. The molecular weight excluding hydrogens is 170 g/mol. The van der Waals surface area contributed by atoms with Crippen LogP contribution in [0.15, 0.2) is 12.3 Å². The van der Waals surface area contributed by atoms with Gasteiger partial charge >= 0.3 is 0 Å². The monoisotopic (exact) mass is 181 g/mol. The molecule has 13 heavy (non-hydrogen) atoms. The van der Waals surface area contributed by atoms with Gasteiger partial charge in [0.05, 0.1) is 6.61 Å². The first kappa shape index (κ1) is 9.60. The van der Waals surface area contributed by atoms with Gasteiger partial charge in [-0.25, -0.2) is 9.97 Å². The molecule has 5 heteroatoms. The van der Waals surface area contributed by atoms with E-state index in [1.807, 2.05) is 0 Å². The van der Waals surface area contributed by atoms with Gasteiger partial charge in [0.25, 0.3) is 5.91 Å². The number of nitrogens with one attached hydrogen (secondary N) is 1. The second-order valence-corrected chi connectivity index (χ2v) is 2.47. The molecule has 0 aliphatic carbocycles. The molecule has 1 aromatic heterocycles. The van der Waals surface area contributed by atoms with Gasteiger partial charge in [0.2, 0.25) is 0 Å². The molecule has 5 nitrogen and oxygen atoms in total. The minimum atomic E-state index is -0.292. The number of aliphatic hydroxyl groups excluding tert-OH is 1. The van der Waals surface area contributed by atoms with Crippen molar-refractivity contribution in [3.05, 3.63) is 23.8 Å². The van der Waals surface area contributed by atoms with Crippen molar-refractivity contribution in [2.75, 3.05) is 13.2 Å². The summed E-state index contributed by atoms with van der Waals surface area (Å²) < 4.78 is 0. The van der Waals surface area contributed by atoms with Crippen LogP contribution in [0.3, 0.4) is 0 Å². The van der Waals surface area contributed by atoms with E-state index in [0.717, 1.165) is 0 Å². The van der Waals surface area contributed by atoms with Crippen LogP contribution in [0.1, 0.15) is 16.3 Å². The maximum atomic E-state index is 11.2. The second kappa shape index (κ2) is 4.51. The van der Waals surface area contributed by atoms with Gasteiger partial charge in [0, 0.05) is 12.7 Å². The smallest absolute Gasteiger partial charge is 0.270 e. The summed E-state index contributed by atoms with van der Waals surface area (Å²) in [4.78, 5) is 19.0. The number of carbonyl (C=O) groups is 1. The van der Waals surface area contributed by atoms with Crippen LogP contribution in [0, 0.1) is 6.92 Å². The van der Waals surface area contributed by atoms with Gasteiger partial charge in [0.1, 0.15) is 11.5 Å². The number of aliphatic hydroxyl groups is 1. The highest BCUT2D eigenvalue weighted by molar-refractivity contribution is 5.92. The quantitative estimate of drug-likeness (QED) is 0.659. The number of carbonyl (C=O) groups excluding carboxylic acids is 1. The van der Waals surface area contributed by atoms with E-state index in [2.05, 4.69) is 15.3 Å². The van der Waals surface area contributed by atoms with Gasteiger partial charge in [-0.15, -0.1) is 0 Å². The fourth-order valence-corrected chi connectivity index (χ4v) is 0.843. The molecule has 2 N–H and O–H groups in total. The van der Waals surface area contributed by atoms with Gasteiger partial charge < -0.3 is 10.4 Å². The van der Waals surface area contributed by atoms with Gasteiger partial charge in [-0.05, 0) is 13.0 Å². The standard InChI is InChI=1S/C8H11N3O2/c1-6-9-3-2-7(11-6)8(13)10-4-5-12/h2-3,12H,4-5H2,1H3,(H,10,13). The molecule has 1 rings (SSSR count). The first-order valence-corrected chi connectivity index (χ1v) is 3.92. The van der Waals surface area contributed by atoms with Crippen LogP contribution in [0.4, 0.5) is 0 Å². The van der Waals surface area contributed by atoms with Crippen LogP contribution in [0.2, 0.25) is 0 Å². The Labute approximate surface area is 75.8 Å². The Bertz CT molecular complexity index is 301. The number of aromatic nitrogens is 2. The topological polar surface area (TPSA) is 75.1 Å². The van der Waals surface area contributed by atoms with Crippen LogP contribution in [0.5, 0.6) is 0 Å². The highest BCUT2D eigenvalue weighted by Crippen LogP contribution is 1.93. The third-order valence-electron chi connectivity index (χ3n) is 1.41. The van der Waals surface area contributed by atoms with E-state index in [4.69, 9.17) is 5.11 Å². The fraction of sp³-hybridized carbons (Fsp3) is 0.375. The average molecular weight is 181 g/mol. The average Bonchev–Trinajstić information content (AvgIpc) is 2.14. The summed E-state index contributed by atoms with van der Waals surface area (Å²) in [7, 11) is 0. The van der Waals surface area contributed by atoms with Gasteiger partial charge in [0.15, 0.2) is 0 Å². The Morgan fingerprint density at radius 2 is 2.46 bits per heavy atom. The first-order chi connectivity index (χ1) is 6.24. The van der Waals surface area contributed by atoms with Crippen LogP contribution >= 0.6 is 0 Å². The summed E-state index contributed by atoms with van der Waals surface area (Å²) in [6.07, 6.45) is 1.52. The molecule has 1 amide bonds. The summed E-state index contributed by atoms with van der Waals surface area (Å²) >= 11 is 0. The largest absolute Gasteiger partial charge is 0.395 e. The summed E-state index contributed by atoms with van der Waals surface area (Å²) in [5.74, 6) is 0.260. The predicted molar refractivity (Wildman–Crippen MR) is 46.2 cm³/mol. The second-order valence-electron chi connectivity index (χ2n) is 2.47. The molecule has 0 spiro atoms. The highest BCUT2D eigenvalue weighted by Gasteiger charge is 2.05. The predicted octanol–water partition coefficient (Wildman–Crippen LogP) is -0.493. The van der Waals surface area contributed by atoms with Crippen LogP contribution in [-0.4, -0.2) is 34.1 Å². The van der Waals surface area contributed by atoms with Crippen molar-refractivity contribution in [2.24, 2.45) is 0 Å². The number of nitrogens with zero attached hydrogens (tertiary/aromatic N) is 2. The van der Waals surface area contributed by atoms with Crippen LogP contribution in [0.25, 0.3) is 0 Å². The molecule has 0 saturated heterocycles. The third-order valence-corrected chi connectivity index (χ3v) is 1.41. The molecule has 0 aliphatic heterocycles. The minimum Gasteiger partial charge on any atom is -0.395 e. The maximum absolute atomic E-state index is 11.2. The third kappa shape index (κ3) is 2.79. The normalized spacial score (nSPS) is 9.69. The van der Waals surface area contributed by atoms with Crippen molar-refractivity contribution >= 4 is 5.91 Å². The lowest BCUT2D eigenvalue weighted by molar-refractivity contribution is 0.0939. The zero-order valence-corrected chi connectivity index (χ0v) is 7.32. The Balaban J connectivity index is 2.66. The molecule has 0 radical (unpaired) electrons. The minimum absolute atomic E-state index is 0.0736. The van der Waals surface area contributed by atoms with Gasteiger partial charge in [-0.3, -0.25) is 4.79 Å². The molecule has 0 fully saturated rings. The Morgan fingerprint density at radius 3 is 3.08 bits per heavy atom. The molecule has 0 saturated carbocycles. The van der Waals surface area contributed by atoms with E-state index >= 15 is 0 Å². The fourth-order valence-electron chi connectivity index (χ4n) is 0.843. The summed E-state index contributed by atoms with van der Waals surface area (Å²) in [6.45, 7) is 1.88. The number of aryl methyl sites for hydroxylation is 1. The Morgan fingerprint density at radius 1 is 1.69 bits per heavy atom. The SMILES string of the molecule is Cc1nccc(C(=O)NCCO)n1. The Hall–Kier alpha value is -1.49. The Kier molecular flexibility index (Phi) is 3.33. The number of rotatable bonds is 3. The lowest BCUT2D eigenvalue weighted by Crippen LogP contribution is -2.27. The molecule has 0 atom stereocenters. The zero-order chi connectivity index (χ0) is 9.68. The molecule has 70 valence electrons. The summed E-state index contributed by atoms with van der Waals surface area (Å²) in [6, 6.07) is 1.53. The van der Waals surface area contributed by atoms with Crippen molar-refractivity contribution in [1.82, 2.24) is 15.3 Å². The maximum Gasteiger partial charge on any atom is 0.270 e. The van der Waals surface area contributed by atoms with Crippen LogP contribution in [-0.2, 0) is 0 Å². The summed E-state index contributed by atoms with van der Waals surface area (Å²) in [5.41, 5.74) is 0.320. The van der Waals surface area contributed by atoms with E-state index < -0.39 is 0 Å². The molecule has 0 aromatic carbocycles. The van der Waals surface area contributed by atoms with Crippen molar-refractivity contribution in [2.45, 2.75) is 6.92 Å². The van der Waals surface area contributed by atoms with Crippen molar-refractivity contribution < 1.29 is 9.90 Å². The molecule has 1 heterocycles. The van der Waals surface area contributed by atoms with Crippen molar-refractivity contribution in [3.63, 3.8) is 0 Å². The lowest BCUT2D eigenvalue weighted by Gasteiger charge is -2.01. The number of amides is 1. The van der Waals surface area contributed by atoms with Crippen molar-refractivity contribution in [3.8, 4) is 0 Å². The lowest BCUT2D eigenvalue weighted by atomic mass is 10.3. The molecule has 0 bridgehead atoms. The number of hydrogen-bond acceptors (Lipinski definition) is 4. The molecule has 0 unspecified atom stereocenters. The van der Waals surface area contributed by atoms with Crippen LogP contribution < -0.4 is 5.32 Å². The van der Waals surface area contributed by atoms with E-state index in [1.54, 1.807) is 6.92 Å². The summed E-state index contributed by atoms with van der Waals surface area (Å²) in [5, 5.41) is 11.0.